The number of likely N-dealkylation sites (tertiary alicyclic amines) is 1. The summed E-state index contributed by atoms with van der Waals surface area (Å²) >= 11 is 6.55. The zero-order valence-corrected chi connectivity index (χ0v) is 24.3. The normalized spacial score (nSPS) is 18.8. The van der Waals surface area contributed by atoms with Crippen LogP contribution in [0.4, 0.5) is 20.6 Å². The van der Waals surface area contributed by atoms with Gasteiger partial charge < -0.3 is 9.80 Å². The van der Waals surface area contributed by atoms with E-state index in [4.69, 9.17) is 16.9 Å². The molecule has 216 valence electrons. The largest absolute Gasteiger partial charge is 0.372 e. The van der Waals surface area contributed by atoms with E-state index in [1.807, 2.05) is 13.0 Å². The molecule has 3 amide bonds. The molecule has 0 atom stereocenters. The van der Waals surface area contributed by atoms with Crippen LogP contribution in [0.3, 0.4) is 0 Å². The molecule has 3 aliphatic heterocycles. The fraction of sp³-hybridized carbons (Fsp3) is 0.375. The molecule has 6 rings (SSSR count). The number of piperidine rings is 1. The molecule has 0 radical (unpaired) electrons. The number of urea groups is 1. The lowest BCUT2D eigenvalue weighted by atomic mass is 9.85. The molecule has 0 aliphatic carbocycles. The number of imide groups is 1. The van der Waals surface area contributed by atoms with E-state index >= 15 is 0 Å². The zero-order chi connectivity index (χ0) is 29.4. The lowest BCUT2D eigenvalue weighted by Gasteiger charge is -2.41. The van der Waals surface area contributed by atoms with Gasteiger partial charge in [-0.15, -0.1) is 0 Å². The minimum atomic E-state index is -0.928. The minimum Gasteiger partial charge on any atom is -0.372 e. The van der Waals surface area contributed by atoms with Crippen molar-refractivity contribution in [2.24, 2.45) is 0 Å². The van der Waals surface area contributed by atoms with Crippen molar-refractivity contribution >= 4 is 34.9 Å². The highest BCUT2D eigenvalue weighted by atomic mass is 35.5. The number of amides is 3. The predicted octanol–water partition coefficient (Wildman–Crippen LogP) is 5.84. The van der Waals surface area contributed by atoms with Crippen LogP contribution in [0.2, 0.25) is 5.15 Å². The summed E-state index contributed by atoms with van der Waals surface area (Å²) in [6.45, 7) is 6.69. The third-order valence-electron chi connectivity index (χ3n) is 8.81. The van der Waals surface area contributed by atoms with E-state index in [1.165, 1.54) is 42.3 Å². The summed E-state index contributed by atoms with van der Waals surface area (Å²) in [5.41, 5.74) is 2.60. The lowest BCUT2D eigenvalue weighted by Crippen LogP contribution is -2.56. The predicted molar refractivity (Wildman–Crippen MR) is 160 cm³/mol. The Kier molecular flexibility index (Phi) is 7.60. The van der Waals surface area contributed by atoms with E-state index in [0.717, 1.165) is 24.5 Å². The van der Waals surface area contributed by atoms with Gasteiger partial charge in [-0.05, 0) is 80.6 Å². The van der Waals surface area contributed by atoms with Crippen LogP contribution < -0.4 is 9.80 Å². The van der Waals surface area contributed by atoms with Crippen molar-refractivity contribution < 1.29 is 14.0 Å². The zero-order valence-electron chi connectivity index (χ0n) is 23.5. The van der Waals surface area contributed by atoms with Gasteiger partial charge in [0.2, 0.25) is 0 Å². The van der Waals surface area contributed by atoms with Crippen LogP contribution in [0.5, 0.6) is 0 Å². The fourth-order valence-corrected chi connectivity index (χ4v) is 6.74. The van der Waals surface area contributed by atoms with E-state index < -0.39 is 17.4 Å². The van der Waals surface area contributed by atoms with E-state index in [9.17, 15) is 14.0 Å². The maximum Gasteiger partial charge on any atom is 0.332 e. The summed E-state index contributed by atoms with van der Waals surface area (Å²) in [6, 6.07) is 17.5. The molecule has 0 unspecified atom stereocenters. The molecule has 10 heteroatoms. The smallest absolute Gasteiger partial charge is 0.332 e. The number of hydrogen-bond donors (Lipinski definition) is 0. The number of nitriles is 1. The Morgan fingerprint density at radius 1 is 1.00 bits per heavy atom. The molecular weight excluding hydrogens is 555 g/mol. The molecule has 3 aromatic rings. The Labute approximate surface area is 249 Å². The number of halogens is 2. The number of likely N-dealkylation sites (N-methyl/N-ethyl adjacent to an activating group) is 1. The van der Waals surface area contributed by atoms with Crippen molar-refractivity contribution in [2.45, 2.75) is 44.7 Å². The third-order valence-corrected chi connectivity index (χ3v) is 9.08. The Morgan fingerprint density at radius 2 is 1.71 bits per heavy atom. The van der Waals surface area contributed by atoms with Crippen LogP contribution in [0.15, 0.2) is 54.6 Å². The van der Waals surface area contributed by atoms with Crippen LogP contribution in [0.1, 0.15) is 43.7 Å². The second-order valence-electron chi connectivity index (χ2n) is 11.1. The van der Waals surface area contributed by atoms with Crippen molar-refractivity contribution in [3.8, 4) is 17.3 Å². The summed E-state index contributed by atoms with van der Waals surface area (Å²) in [5, 5.41) is 9.16. The topological polar surface area (TPSA) is 83.8 Å². The molecule has 8 nitrogen and oxygen atoms in total. The maximum absolute atomic E-state index is 14.0. The van der Waals surface area contributed by atoms with Crippen LogP contribution in [0.25, 0.3) is 11.3 Å². The molecule has 0 bridgehead atoms. The Balaban J connectivity index is 1.17. The molecule has 0 saturated carbocycles. The Morgan fingerprint density at radius 3 is 2.36 bits per heavy atom. The van der Waals surface area contributed by atoms with Crippen LogP contribution in [-0.2, 0) is 11.3 Å². The number of carbonyl (C=O) groups is 2. The number of rotatable bonds is 6. The lowest BCUT2D eigenvalue weighted by molar-refractivity contribution is -0.127. The second kappa shape index (κ2) is 11.3. The number of hydrogen-bond acceptors (Lipinski definition) is 6. The SMILES string of the molecule is CCN1C(=O)N(c2ccc(-c3ccc(F)c(C#N)c3)nc2Cl)C(=O)C12CCN(Cc1ccc(N3CCCC3)cc1)CC2. The summed E-state index contributed by atoms with van der Waals surface area (Å²) in [7, 11) is 0. The van der Waals surface area contributed by atoms with Crippen molar-refractivity contribution in [2.75, 3.05) is 42.5 Å². The van der Waals surface area contributed by atoms with Gasteiger partial charge in [-0.25, -0.2) is 19.1 Å². The molecule has 0 N–H and O–H groups in total. The molecule has 3 fully saturated rings. The van der Waals surface area contributed by atoms with Gasteiger partial charge in [0.05, 0.1) is 16.9 Å². The van der Waals surface area contributed by atoms with Crippen LogP contribution in [0, 0.1) is 17.1 Å². The first-order valence-corrected chi connectivity index (χ1v) is 14.8. The summed E-state index contributed by atoms with van der Waals surface area (Å²) in [5.74, 6) is -0.905. The average molecular weight is 587 g/mol. The molecule has 3 saturated heterocycles. The fourth-order valence-electron chi connectivity index (χ4n) is 6.50. The Bertz CT molecular complexity index is 1560. The van der Waals surface area contributed by atoms with Crippen molar-refractivity contribution in [3.05, 3.63) is 76.7 Å². The molecule has 1 spiro atoms. The van der Waals surface area contributed by atoms with Gasteiger partial charge in [-0.3, -0.25) is 9.69 Å². The van der Waals surface area contributed by atoms with Gasteiger partial charge in [0.15, 0.2) is 5.15 Å². The number of aromatic nitrogens is 1. The number of carbonyl (C=O) groups excluding carboxylic acids is 2. The van der Waals surface area contributed by atoms with Gasteiger partial charge in [0, 0.05) is 50.5 Å². The van der Waals surface area contributed by atoms with E-state index in [0.29, 0.717) is 43.7 Å². The first-order chi connectivity index (χ1) is 20.3. The van der Waals surface area contributed by atoms with Crippen molar-refractivity contribution in [1.29, 1.82) is 5.26 Å². The summed E-state index contributed by atoms with van der Waals surface area (Å²) in [4.78, 5) is 39.6. The molecule has 2 aromatic carbocycles. The summed E-state index contributed by atoms with van der Waals surface area (Å²) < 4.78 is 13.8. The summed E-state index contributed by atoms with van der Waals surface area (Å²) in [6.07, 6.45) is 3.56. The number of anilines is 2. The highest BCUT2D eigenvalue weighted by Gasteiger charge is 2.58. The first kappa shape index (κ1) is 28.1. The minimum absolute atomic E-state index is 0.0139. The van der Waals surface area contributed by atoms with Gasteiger partial charge in [0.1, 0.15) is 17.4 Å². The maximum atomic E-state index is 14.0. The number of nitrogens with zero attached hydrogens (tertiary/aromatic N) is 6. The van der Waals surface area contributed by atoms with E-state index in [2.05, 4.69) is 39.0 Å². The van der Waals surface area contributed by atoms with Gasteiger partial charge in [0.25, 0.3) is 5.91 Å². The van der Waals surface area contributed by atoms with E-state index in [1.54, 1.807) is 17.0 Å². The number of benzene rings is 2. The average Bonchev–Trinajstić information content (AvgIpc) is 3.61. The molecule has 1 aromatic heterocycles. The van der Waals surface area contributed by atoms with Gasteiger partial charge in [-0.1, -0.05) is 23.7 Å². The van der Waals surface area contributed by atoms with Crippen molar-refractivity contribution in [3.63, 3.8) is 0 Å². The van der Waals surface area contributed by atoms with Crippen LogP contribution >= 0.6 is 11.6 Å². The van der Waals surface area contributed by atoms with Gasteiger partial charge >= 0.3 is 6.03 Å². The van der Waals surface area contributed by atoms with Crippen molar-refractivity contribution in [1.82, 2.24) is 14.8 Å². The number of pyridine rings is 1. The molecular formula is C32H32ClFN6O2. The van der Waals surface area contributed by atoms with Gasteiger partial charge in [-0.2, -0.15) is 5.26 Å². The molecule has 4 heterocycles. The second-order valence-corrected chi connectivity index (χ2v) is 11.5. The third kappa shape index (κ3) is 4.89. The standard InChI is InChI=1S/C32H32ClFN6O2/c1-2-39-31(42)40(28-12-11-27(36-29(28)33)23-7-10-26(34)24(19-23)20-35)30(41)32(39)13-17-37(18-14-32)21-22-5-8-25(9-6-22)38-15-3-4-16-38/h5-12,19H,2-4,13-18,21H2,1H3. The first-order valence-electron chi connectivity index (χ1n) is 14.4. The quantitative estimate of drug-likeness (QED) is 0.267. The highest BCUT2D eigenvalue weighted by Crippen LogP contribution is 2.41. The van der Waals surface area contributed by atoms with Crippen LogP contribution in [-0.4, -0.2) is 65.0 Å². The van der Waals surface area contributed by atoms with E-state index in [-0.39, 0.29) is 22.3 Å². The highest BCUT2D eigenvalue weighted by molar-refractivity contribution is 6.35. The molecule has 3 aliphatic rings. The Hall–Kier alpha value is -4.00. The monoisotopic (exact) mass is 586 g/mol. The molecule has 42 heavy (non-hydrogen) atoms.